The minimum Gasteiger partial charge on any atom is -0.385 e. The van der Waals surface area contributed by atoms with Gasteiger partial charge in [-0.15, -0.1) is 0 Å². The van der Waals surface area contributed by atoms with Crippen LogP contribution in [0, 0.1) is 11.8 Å². The molecule has 0 amide bonds. The summed E-state index contributed by atoms with van der Waals surface area (Å²) in [5, 5.41) is 10.9. The highest BCUT2D eigenvalue weighted by Crippen LogP contribution is 2.55. The van der Waals surface area contributed by atoms with Gasteiger partial charge in [0.1, 0.15) is 0 Å². The highest BCUT2D eigenvalue weighted by molar-refractivity contribution is 5.31. The number of hydrogen-bond donors (Lipinski definition) is 1. The lowest BCUT2D eigenvalue weighted by Crippen LogP contribution is -2.32. The van der Waals surface area contributed by atoms with Gasteiger partial charge in [-0.2, -0.15) is 0 Å². The molecule has 0 spiro atoms. The molecule has 17 heavy (non-hydrogen) atoms. The Morgan fingerprint density at radius 3 is 2.35 bits per heavy atom. The lowest BCUT2D eigenvalue weighted by Gasteiger charge is -2.33. The Labute approximate surface area is 104 Å². The normalized spacial score (nSPS) is 35.8. The van der Waals surface area contributed by atoms with Crippen molar-refractivity contribution in [1.82, 2.24) is 0 Å². The van der Waals surface area contributed by atoms with Crippen LogP contribution < -0.4 is 0 Å². The summed E-state index contributed by atoms with van der Waals surface area (Å²) in [5.41, 5.74) is 1.99. The van der Waals surface area contributed by atoms with Gasteiger partial charge in [-0.25, -0.2) is 0 Å². The van der Waals surface area contributed by atoms with Crippen LogP contribution in [0.3, 0.4) is 0 Å². The monoisotopic (exact) mass is 230 g/mol. The summed E-state index contributed by atoms with van der Waals surface area (Å²) in [6.45, 7) is 4.42. The van der Waals surface area contributed by atoms with E-state index in [4.69, 9.17) is 0 Å². The Balaban J connectivity index is 1.89. The van der Waals surface area contributed by atoms with Crippen molar-refractivity contribution in [1.29, 1.82) is 0 Å². The van der Waals surface area contributed by atoms with E-state index in [1.165, 1.54) is 24.8 Å². The molecule has 1 aromatic rings. The SMILES string of the molecule is CC(C)c1ccc(C2(O)CC3CCC2C3)cc1. The predicted octanol–water partition coefficient (Wildman–Crippen LogP) is 3.82. The molecular weight excluding hydrogens is 208 g/mol. The van der Waals surface area contributed by atoms with Crippen molar-refractivity contribution in [2.75, 3.05) is 0 Å². The van der Waals surface area contributed by atoms with Gasteiger partial charge in [0.15, 0.2) is 0 Å². The molecule has 2 aliphatic carbocycles. The van der Waals surface area contributed by atoms with Crippen molar-refractivity contribution < 1.29 is 5.11 Å². The first-order valence-electron chi connectivity index (χ1n) is 6.92. The molecule has 1 nitrogen and oxygen atoms in total. The Morgan fingerprint density at radius 1 is 1.18 bits per heavy atom. The van der Waals surface area contributed by atoms with Crippen molar-refractivity contribution in [3.05, 3.63) is 35.4 Å². The molecule has 92 valence electrons. The molecule has 2 aliphatic rings. The van der Waals surface area contributed by atoms with Gasteiger partial charge in [0.05, 0.1) is 5.60 Å². The van der Waals surface area contributed by atoms with Gasteiger partial charge >= 0.3 is 0 Å². The zero-order chi connectivity index (χ0) is 12.0. The standard InChI is InChI=1S/C16H22O/c1-11(2)13-4-7-14(8-5-13)16(17)10-12-3-6-15(16)9-12/h4-5,7-8,11-12,15,17H,3,6,9-10H2,1-2H3. The topological polar surface area (TPSA) is 20.2 Å². The van der Waals surface area contributed by atoms with Crippen LogP contribution in [0.25, 0.3) is 0 Å². The Bertz CT molecular complexity index is 406. The summed E-state index contributed by atoms with van der Waals surface area (Å²) < 4.78 is 0. The second-order valence-electron chi connectivity index (χ2n) is 6.28. The fourth-order valence-electron chi connectivity index (χ4n) is 3.81. The largest absolute Gasteiger partial charge is 0.385 e. The second kappa shape index (κ2) is 3.84. The third-order valence-corrected chi connectivity index (χ3v) is 4.89. The summed E-state index contributed by atoms with van der Waals surface area (Å²) in [6.07, 6.45) is 4.77. The average molecular weight is 230 g/mol. The summed E-state index contributed by atoms with van der Waals surface area (Å²) >= 11 is 0. The molecule has 0 aromatic heterocycles. The van der Waals surface area contributed by atoms with E-state index >= 15 is 0 Å². The Kier molecular flexibility index (Phi) is 2.55. The van der Waals surface area contributed by atoms with Crippen LogP contribution in [-0.4, -0.2) is 5.11 Å². The van der Waals surface area contributed by atoms with Crippen molar-refractivity contribution in [2.45, 2.75) is 51.0 Å². The van der Waals surface area contributed by atoms with Gasteiger partial charge in [0, 0.05) is 0 Å². The summed E-state index contributed by atoms with van der Waals surface area (Å²) in [7, 11) is 0. The maximum Gasteiger partial charge on any atom is 0.0927 e. The number of hydrogen-bond acceptors (Lipinski definition) is 1. The molecule has 2 bridgehead atoms. The van der Waals surface area contributed by atoms with Crippen LogP contribution in [-0.2, 0) is 5.60 Å². The smallest absolute Gasteiger partial charge is 0.0927 e. The lowest BCUT2D eigenvalue weighted by molar-refractivity contribution is -0.0182. The van der Waals surface area contributed by atoms with E-state index in [0.29, 0.717) is 11.8 Å². The molecule has 1 heteroatoms. The number of aliphatic hydroxyl groups is 1. The van der Waals surface area contributed by atoms with Gasteiger partial charge in [0.25, 0.3) is 0 Å². The summed E-state index contributed by atoms with van der Waals surface area (Å²) in [4.78, 5) is 0. The molecule has 2 saturated carbocycles. The number of benzene rings is 1. The molecule has 0 saturated heterocycles. The fraction of sp³-hybridized carbons (Fsp3) is 0.625. The van der Waals surface area contributed by atoms with E-state index < -0.39 is 5.60 Å². The zero-order valence-electron chi connectivity index (χ0n) is 10.8. The highest BCUT2D eigenvalue weighted by Gasteiger charge is 2.50. The van der Waals surface area contributed by atoms with Gasteiger partial charge in [-0.05, 0) is 54.6 Å². The Morgan fingerprint density at radius 2 is 1.88 bits per heavy atom. The number of rotatable bonds is 2. The summed E-state index contributed by atoms with van der Waals surface area (Å²) in [6, 6.07) is 8.67. The van der Waals surface area contributed by atoms with Crippen LogP contribution in [0.15, 0.2) is 24.3 Å². The molecule has 3 unspecified atom stereocenters. The molecular formula is C16H22O. The van der Waals surface area contributed by atoms with E-state index in [9.17, 15) is 5.11 Å². The van der Waals surface area contributed by atoms with E-state index in [1.54, 1.807) is 0 Å². The first-order chi connectivity index (χ1) is 8.09. The van der Waals surface area contributed by atoms with Crippen molar-refractivity contribution in [3.8, 4) is 0 Å². The highest BCUT2D eigenvalue weighted by atomic mass is 16.3. The Hall–Kier alpha value is -0.820. The molecule has 3 atom stereocenters. The summed E-state index contributed by atoms with van der Waals surface area (Å²) in [5.74, 6) is 1.85. The van der Waals surface area contributed by atoms with Gasteiger partial charge < -0.3 is 5.11 Å². The maximum atomic E-state index is 10.9. The van der Waals surface area contributed by atoms with Crippen LogP contribution in [0.2, 0.25) is 0 Å². The zero-order valence-corrected chi connectivity index (χ0v) is 10.8. The quantitative estimate of drug-likeness (QED) is 0.819. The molecule has 1 N–H and O–H groups in total. The molecule has 3 rings (SSSR count). The number of fused-ring (bicyclic) bond motifs is 2. The molecule has 0 heterocycles. The molecule has 1 aromatic carbocycles. The van der Waals surface area contributed by atoms with Crippen LogP contribution in [0.1, 0.15) is 56.6 Å². The van der Waals surface area contributed by atoms with E-state index in [0.717, 1.165) is 17.9 Å². The van der Waals surface area contributed by atoms with E-state index in [-0.39, 0.29) is 0 Å². The average Bonchev–Trinajstić information content (AvgIpc) is 2.89. The maximum absolute atomic E-state index is 10.9. The van der Waals surface area contributed by atoms with E-state index in [1.807, 2.05) is 0 Å². The van der Waals surface area contributed by atoms with Crippen molar-refractivity contribution in [2.24, 2.45) is 11.8 Å². The van der Waals surface area contributed by atoms with Crippen molar-refractivity contribution in [3.63, 3.8) is 0 Å². The van der Waals surface area contributed by atoms with E-state index in [2.05, 4.69) is 38.1 Å². The second-order valence-corrected chi connectivity index (χ2v) is 6.28. The minimum absolute atomic E-state index is 0.511. The third-order valence-electron chi connectivity index (χ3n) is 4.89. The fourth-order valence-corrected chi connectivity index (χ4v) is 3.81. The van der Waals surface area contributed by atoms with Crippen LogP contribution in [0.4, 0.5) is 0 Å². The predicted molar refractivity (Wildman–Crippen MR) is 69.9 cm³/mol. The minimum atomic E-state index is -0.515. The third kappa shape index (κ3) is 1.72. The molecule has 0 aliphatic heterocycles. The van der Waals surface area contributed by atoms with Crippen LogP contribution in [0.5, 0.6) is 0 Å². The van der Waals surface area contributed by atoms with Gasteiger partial charge in [-0.1, -0.05) is 38.1 Å². The van der Waals surface area contributed by atoms with Gasteiger partial charge in [0.2, 0.25) is 0 Å². The lowest BCUT2D eigenvalue weighted by atomic mass is 9.78. The first-order valence-corrected chi connectivity index (χ1v) is 6.92. The van der Waals surface area contributed by atoms with Crippen molar-refractivity contribution >= 4 is 0 Å². The molecule has 0 radical (unpaired) electrons. The van der Waals surface area contributed by atoms with Gasteiger partial charge in [-0.3, -0.25) is 0 Å². The first kappa shape index (κ1) is 11.3. The molecule has 2 fully saturated rings. The van der Waals surface area contributed by atoms with Crippen LogP contribution >= 0.6 is 0 Å².